The molecule has 0 amide bonds. The van der Waals surface area contributed by atoms with Crippen LogP contribution in [0.2, 0.25) is 0 Å². The van der Waals surface area contributed by atoms with E-state index in [0.717, 1.165) is 19.3 Å². The lowest BCUT2D eigenvalue weighted by molar-refractivity contribution is 0.0607. The van der Waals surface area contributed by atoms with Crippen LogP contribution < -0.4 is 0 Å². The average molecular weight is 171 g/mol. The van der Waals surface area contributed by atoms with E-state index in [4.69, 9.17) is 0 Å². The van der Waals surface area contributed by atoms with Crippen molar-refractivity contribution in [1.82, 2.24) is 0 Å². The first-order valence-electron chi connectivity index (χ1n) is 5.32. The topological polar surface area (TPSA) is 19.9 Å². The molecule has 1 radical (unpaired) electrons. The average Bonchev–Trinajstić information content (AvgIpc) is 1.97. The van der Waals surface area contributed by atoms with Crippen molar-refractivity contribution in [1.29, 1.82) is 0 Å². The highest BCUT2D eigenvalue weighted by Crippen LogP contribution is 2.12. The van der Waals surface area contributed by atoms with Gasteiger partial charge < -0.3 is 0 Å². The summed E-state index contributed by atoms with van der Waals surface area (Å²) in [4.78, 5) is 0. The molecule has 0 rings (SSSR count). The Hall–Kier alpha value is -0.0400. The van der Waals surface area contributed by atoms with Crippen LogP contribution in [0.15, 0.2) is 0 Å². The maximum Gasteiger partial charge on any atom is 0.0932 e. The molecule has 0 aromatic rings. The van der Waals surface area contributed by atoms with Crippen molar-refractivity contribution in [2.45, 2.75) is 65.4 Å². The maximum atomic E-state index is 11.3. The maximum absolute atomic E-state index is 11.3. The zero-order valence-electron chi connectivity index (χ0n) is 8.81. The molecule has 0 aliphatic heterocycles. The molecule has 1 atom stereocenters. The first kappa shape index (κ1) is 12.0. The third kappa shape index (κ3) is 8.06. The fraction of sp³-hybridized carbons (Fsp3) is 1.00. The highest BCUT2D eigenvalue weighted by atomic mass is 16.3. The molecule has 0 saturated heterocycles. The van der Waals surface area contributed by atoms with Crippen LogP contribution in [0, 0.1) is 5.92 Å². The SMILES string of the molecule is CCCCCCC([O])CC(C)C. The monoisotopic (exact) mass is 171 g/mol. The van der Waals surface area contributed by atoms with Gasteiger partial charge in [-0.15, -0.1) is 0 Å². The number of unbranched alkanes of at least 4 members (excludes halogenated alkanes) is 3. The minimum absolute atomic E-state index is 0.304. The quantitative estimate of drug-likeness (QED) is 0.519. The predicted molar refractivity (Wildman–Crippen MR) is 52.7 cm³/mol. The van der Waals surface area contributed by atoms with Gasteiger partial charge in [0, 0.05) is 0 Å². The highest BCUT2D eigenvalue weighted by molar-refractivity contribution is 4.58. The molecule has 0 N–H and O–H groups in total. The molecule has 73 valence electrons. The standard InChI is InChI=1S/C11H23O/c1-4-5-6-7-8-11(12)9-10(2)3/h10-11H,4-9H2,1-3H3. The van der Waals surface area contributed by atoms with Gasteiger partial charge in [-0.1, -0.05) is 46.5 Å². The van der Waals surface area contributed by atoms with Crippen molar-refractivity contribution < 1.29 is 5.11 Å². The van der Waals surface area contributed by atoms with Crippen LogP contribution in [0.5, 0.6) is 0 Å². The van der Waals surface area contributed by atoms with E-state index in [9.17, 15) is 5.11 Å². The Bertz CT molecular complexity index is 89.0. The lowest BCUT2D eigenvalue weighted by Crippen LogP contribution is -2.07. The molecule has 0 saturated carbocycles. The highest BCUT2D eigenvalue weighted by Gasteiger charge is 2.07. The van der Waals surface area contributed by atoms with Crippen LogP contribution >= 0.6 is 0 Å². The minimum atomic E-state index is -0.304. The second-order valence-electron chi connectivity index (χ2n) is 4.10. The van der Waals surface area contributed by atoms with Crippen LogP contribution in [0.4, 0.5) is 0 Å². The summed E-state index contributed by atoms with van der Waals surface area (Å²) >= 11 is 0. The van der Waals surface area contributed by atoms with Gasteiger partial charge in [0.05, 0.1) is 6.10 Å². The van der Waals surface area contributed by atoms with Gasteiger partial charge in [-0.25, -0.2) is 5.11 Å². The van der Waals surface area contributed by atoms with Crippen LogP contribution in [-0.4, -0.2) is 6.10 Å². The summed E-state index contributed by atoms with van der Waals surface area (Å²) in [6.07, 6.45) is 6.36. The van der Waals surface area contributed by atoms with E-state index in [1.165, 1.54) is 19.3 Å². The second kappa shape index (κ2) is 7.60. The van der Waals surface area contributed by atoms with Gasteiger partial charge >= 0.3 is 0 Å². The van der Waals surface area contributed by atoms with Crippen molar-refractivity contribution in [3.05, 3.63) is 0 Å². The lowest BCUT2D eigenvalue weighted by atomic mass is 10.0. The van der Waals surface area contributed by atoms with E-state index in [1.807, 2.05) is 0 Å². The summed E-state index contributed by atoms with van der Waals surface area (Å²) in [6.45, 7) is 6.44. The molecule has 0 spiro atoms. The first-order valence-corrected chi connectivity index (χ1v) is 5.32. The number of rotatable bonds is 7. The van der Waals surface area contributed by atoms with Gasteiger partial charge in [0.2, 0.25) is 0 Å². The lowest BCUT2D eigenvalue weighted by Gasteiger charge is -2.09. The molecule has 1 heteroatoms. The summed E-state index contributed by atoms with van der Waals surface area (Å²) in [6, 6.07) is 0. The Morgan fingerprint density at radius 2 is 1.75 bits per heavy atom. The summed E-state index contributed by atoms with van der Waals surface area (Å²) < 4.78 is 0. The molecule has 1 nitrogen and oxygen atoms in total. The molecule has 0 heterocycles. The van der Waals surface area contributed by atoms with Crippen LogP contribution in [-0.2, 0) is 5.11 Å². The zero-order valence-corrected chi connectivity index (χ0v) is 8.81. The van der Waals surface area contributed by atoms with Crippen molar-refractivity contribution in [2.24, 2.45) is 5.92 Å². The van der Waals surface area contributed by atoms with E-state index in [-0.39, 0.29) is 6.10 Å². The molecule has 12 heavy (non-hydrogen) atoms. The van der Waals surface area contributed by atoms with E-state index in [0.29, 0.717) is 5.92 Å². The second-order valence-corrected chi connectivity index (χ2v) is 4.10. The summed E-state index contributed by atoms with van der Waals surface area (Å²) in [5, 5.41) is 11.3. The van der Waals surface area contributed by atoms with E-state index < -0.39 is 0 Å². The molecule has 0 aliphatic rings. The van der Waals surface area contributed by atoms with E-state index in [1.54, 1.807) is 0 Å². The van der Waals surface area contributed by atoms with Gasteiger partial charge in [-0.05, 0) is 18.8 Å². The van der Waals surface area contributed by atoms with Crippen molar-refractivity contribution in [3.8, 4) is 0 Å². The normalized spacial score (nSPS) is 13.8. The third-order valence-corrected chi connectivity index (χ3v) is 2.11. The molecular formula is C11H23O. The Morgan fingerprint density at radius 1 is 1.08 bits per heavy atom. The predicted octanol–water partition coefficient (Wildman–Crippen LogP) is 3.80. The summed E-state index contributed by atoms with van der Waals surface area (Å²) in [5.41, 5.74) is 0. The third-order valence-electron chi connectivity index (χ3n) is 2.11. The smallest absolute Gasteiger partial charge is 0.0932 e. The van der Waals surface area contributed by atoms with Crippen molar-refractivity contribution >= 4 is 0 Å². The van der Waals surface area contributed by atoms with Crippen LogP contribution in [0.1, 0.15) is 59.3 Å². The van der Waals surface area contributed by atoms with Crippen molar-refractivity contribution in [2.75, 3.05) is 0 Å². The Labute approximate surface area is 77.2 Å². The number of hydrogen-bond acceptors (Lipinski definition) is 0. The molecule has 0 aromatic carbocycles. The Morgan fingerprint density at radius 3 is 2.25 bits per heavy atom. The Balaban J connectivity index is 3.14. The van der Waals surface area contributed by atoms with Crippen LogP contribution in [0.3, 0.4) is 0 Å². The van der Waals surface area contributed by atoms with E-state index >= 15 is 0 Å². The molecule has 1 unspecified atom stereocenters. The summed E-state index contributed by atoms with van der Waals surface area (Å²) in [7, 11) is 0. The zero-order chi connectivity index (χ0) is 9.40. The van der Waals surface area contributed by atoms with Gasteiger partial charge in [-0.2, -0.15) is 0 Å². The molecular weight excluding hydrogens is 148 g/mol. The van der Waals surface area contributed by atoms with Gasteiger partial charge in [0.15, 0.2) is 0 Å². The molecule has 0 aromatic heterocycles. The number of hydrogen-bond donors (Lipinski definition) is 0. The minimum Gasteiger partial charge on any atom is -0.233 e. The summed E-state index contributed by atoms with van der Waals surface area (Å²) in [5.74, 6) is 0.568. The van der Waals surface area contributed by atoms with Crippen molar-refractivity contribution in [3.63, 3.8) is 0 Å². The Kier molecular flexibility index (Phi) is 7.58. The fourth-order valence-electron chi connectivity index (χ4n) is 1.44. The molecule has 0 bridgehead atoms. The first-order chi connectivity index (χ1) is 5.66. The van der Waals surface area contributed by atoms with Gasteiger partial charge in [-0.3, -0.25) is 0 Å². The molecule has 0 fully saturated rings. The molecule has 0 aliphatic carbocycles. The van der Waals surface area contributed by atoms with Gasteiger partial charge in [0.1, 0.15) is 0 Å². The van der Waals surface area contributed by atoms with Gasteiger partial charge in [0.25, 0.3) is 0 Å². The largest absolute Gasteiger partial charge is 0.233 e. The van der Waals surface area contributed by atoms with E-state index in [2.05, 4.69) is 20.8 Å². The fourth-order valence-corrected chi connectivity index (χ4v) is 1.44. The van der Waals surface area contributed by atoms with Crippen LogP contribution in [0.25, 0.3) is 0 Å².